The van der Waals surface area contributed by atoms with E-state index in [9.17, 15) is 4.79 Å². The van der Waals surface area contributed by atoms with Gasteiger partial charge in [-0.25, -0.2) is 0 Å². The lowest BCUT2D eigenvalue weighted by Crippen LogP contribution is -2.30. The molecule has 0 aromatic rings. The molecular weight excluding hydrogens is 216 g/mol. The maximum absolute atomic E-state index is 12.5. The van der Waals surface area contributed by atoms with Crippen LogP contribution < -0.4 is 0 Å². The largest absolute Gasteiger partial charge is 0.299 e. The average Bonchev–Trinajstić information content (AvgIpc) is 2.68. The summed E-state index contributed by atoms with van der Waals surface area (Å²) < 4.78 is 0. The Morgan fingerprint density at radius 3 is 2.06 bits per heavy atom. The lowest BCUT2D eigenvalue weighted by molar-refractivity contribution is -0.128. The third kappa shape index (κ3) is 2.18. The van der Waals surface area contributed by atoms with Gasteiger partial charge in [-0.15, -0.1) is 0 Å². The highest BCUT2D eigenvalue weighted by molar-refractivity contribution is 8.00. The van der Waals surface area contributed by atoms with E-state index < -0.39 is 0 Å². The molecule has 0 spiro atoms. The highest BCUT2D eigenvalue weighted by atomic mass is 32.2. The number of fused-ring (bicyclic) bond motifs is 2. The summed E-state index contributed by atoms with van der Waals surface area (Å²) in [6.45, 7) is 0. The summed E-state index contributed by atoms with van der Waals surface area (Å²) in [6.07, 6.45) is 11.5. The smallest absolute Gasteiger partial charge is 0.139 e. The maximum atomic E-state index is 12.5. The van der Waals surface area contributed by atoms with Gasteiger partial charge in [-0.3, -0.25) is 4.79 Å². The zero-order valence-corrected chi connectivity index (χ0v) is 10.8. The molecule has 2 unspecified atom stereocenters. The van der Waals surface area contributed by atoms with E-state index in [-0.39, 0.29) is 0 Å². The number of carbonyl (C=O) groups excluding carboxylic acids is 1. The second-order valence-corrected chi connectivity index (χ2v) is 7.47. The van der Waals surface area contributed by atoms with Gasteiger partial charge in [0.2, 0.25) is 0 Å². The fourth-order valence-corrected chi connectivity index (χ4v) is 5.59. The fourth-order valence-electron chi connectivity index (χ4n) is 3.81. The summed E-state index contributed by atoms with van der Waals surface area (Å²) in [4.78, 5) is 12.5. The zero-order chi connectivity index (χ0) is 11.0. The van der Waals surface area contributed by atoms with Crippen molar-refractivity contribution in [2.45, 2.75) is 68.3 Å². The molecule has 1 saturated carbocycles. The second kappa shape index (κ2) is 4.72. The highest BCUT2D eigenvalue weighted by Crippen LogP contribution is 2.47. The van der Waals surface area contributed by atoms with E-state index in [4.69, 9.17) is 0 Å². The van der Waals surface area contributed by atoms with Crippen molar-refractivity contribution in [1.82, 2.24) is 0 Å². The van der Waals surface area contributed by atoms with Crippen LogP contribution in [0, 0.1) is 11.8 Å². The SMILES string of the molecule is O=C(C1CCCCC1)C1CC2CCC(C1)S2. The van der Waals surface area contributed by atoms with Gasteiger partial charge in [0.15, 0.2) is 0 Å². The van der Waals surface area contributed by atoms with Crippen molar-refractivity contribution in [2.75, 3.05) is 0 Å². The minimum atomic E-state index is 0.446. The molecule has 0 radical (unpaired) electrons. The quantitative estimate of drug-likeness (QED) is 0.727. The van der Waals surface area contributed by atoms with Gasteiger partial charge in [-0.2, -0.15) is 11.8 Å². The van der Waals surface area contributed by atoms with Crippen molar-refractivity contribution in [3.63, 3.8) is 0 Å². The summed E-state index contributed by atoms with van der Waals surface area (Å²) in [5, 5.41) is 1.66. The summed E-state index contributed by atoms with van der Waals surface area (Å²) in [5.74, 6) is 1.54. The Balaban J connectivity index is 1.61. The molecule has 90 valence electrons. The van der Waals surface area contributed by atoms with Gasteiger partial charge in [0.05, 0.1) is 0 Å². The average molecular weight is 238 g/mol. The van der Waals surface area contributed by atoms with Gasteiger partial charge in [-0.05, 0) is 38.5 Å². The van der Waals surface area contributed by atoms with E-state index in [1.54, 1.807) is 0 Å². The Morgan fingerprint density at radius 2 is 1.44 bits per heavy atom. The number of hydrogen-bond acceptors (Lipinski definition) is 2. The number of Topliss-reactive ketones (excluding diaryl/α,β-unsaturated/α-hetero) is 1. The Morgan fingerprint density at radius 1 is 0.812 bits per heavy atom. The zero-order valence-electron chi connectivity index (χ0n) is 9.99. The highest BCUT2D eigenvalue weighted by Gasteiger charge is 2.39. The molecule has 1 nitrogen and oxygen atoms in total. The molecule has 2 saturated heterocycles. The first-order valence-corrected chi connectivity index (χ1v) is 7.96. The lowest BCUT2D eigenvalue weighted by atomic mass is 9.79. The van der Waals surface area contributed by atoms with Gasteiger partial charge in [0.25, 0.3) is 0 Å². The summed E-state index contributed by atoms with van der Waals surface area (Å²) in [6, 6.07) is 0. The molecular formula is C14H22OS. The van der Waals surface area contributed by atoms with Crippen LogP contribution in [0.4, 0.5) is 0 Å². The number of rotatable bonds is 2. The molecule has 2 atom stereocenters. The van der Waals surface area contributed by atoms with Crippen LogP contribution in [0.1, 0.15) is 57.8 Å². The Kier molecular flexibility index (Phi) is 3.28. The molecule has 2 aliphatic heterocycles. The predicted molar refractivity (Wildman–Crippen MR) is 68.7 cm³/mol. The van der Waals surface area contributed by atoms with E-state index >= 15 is 0 Å². The number of thioether (sulfide) groups is 1. The molecule has 2 bridgehead atoms. The first kappa shape index (κ1) is 11.1. The Labute approximate surface area is 103 Å². The summed E-state index contributed by atoms with van der Waals surface area (Å²) in [5.41, 5.74) is 0. The van der Waals surface area contributed by atoms with Crippen molar-refractivity contribution < 1.29 is 4.79 Å². The van der Waals surface area contributed by atoms with Crippen LogP contribution in [-0.4, -0.2) is 16.3 Å². The third-order valence-electron chi connectivity index (χ3n) is 4.70. The first-order valence-electron chi connectivity index (χ1n) is 7.02. The molecule has 3 aliphatic rings. The maximum Gasteiger partial charge on any atom is 0.139 e. The number of hydrogen-bond donors (Lipinski definition) is 0. The molecule has 0 N–H and O–H groups in total. The Hall–Kier alpha value is 0.0200. The van der Waals surface area contributed by atoms with Gasteiger partial charge < -0.3 is 0 Å². The normalized spacial score (nSPS) is 39.9. The summed E-state index contributed by atoms with van der Waals surface area (Å²) >= 11 is 2.17. The van der Waals surface area contributed by atoms with Crippen LogP contribution in [0.3, 0.4) is 0 Å². The van der Waals surface area contributed by atoms with Crippen molar-refractivity contribution in [3.05, 3.63) is 0 Å². The second-order valence-electron chi connectivity index (χ2n) is 5.86. The first-order chi connectivity index (χ1) is 7.83. The van der Waals surface area contributed by atoms with E-state index in [1.807, 2.05) is 0 Å². The van der Waals surface area contributed by atoms with Crippen LogP contribution in [0.5, 0.6) is 0 Å². The molecule has 3 fully saturated rings. The van der Waals surface area contributed by atoms with Crippen LogP contribution >= 0.6 is 11.8 Å². The molecule has 16 heavy (non-hydrogen) atoms. The van der Waals surface area contributed by atoms with E-state index in [1.165, 1.54) is 57.8 Å². The van der Waals surface area contributed by atoms with E-state index in [0.717, 1.165) is 10.5 Å². The van der Waals surface area contributed by atoms with E-state index in [2.05, 4.69) is 11.8 Å². The van der Waals surface area contributed by atoms with Crippen molar-refractivity contribution >= 4 is 17.5 Å². The van der Waals surface area contributed by atoms with Gasteiger partial charge in [0.1, 0.15) is 5.78 Å². The van der Waals surface area contributed by atoms with Crippen molar-refractivity contribution in [3.8, 4) is 0 Å². The topological polar surface area (TPSA) is 17.1 Å². The molecule has 3 rings (SSSR count). The monoisotopic (exact) mass is 238 g/mol. The van der Waals surface area contributed by atoms with Gasteiger partial charge in [0, 0.05) is 22.3 Å². The molecule has 2 heterocycles. The van der Waals surface area contributed by atoms with Crippen molar-refractivity contribution in [1.29, 1.82) is 0 Å². The number of carbonyl (C=O) groups is 1. The van der Waals surface area contributed by atoms with Crippen molar-refractivity contribution in [2.24, 2.45) is 11.8 Å². The minimum Gasteiger partial charge on any atom is -0.299 e. The lowest BCUT2D eigenvalue weighted by Gasteiger charge is -2.30. The van der Waals surface area contributed by atoms with Crippen LogP contribution in [0.25, 0.3) is 0 Å². The molecule has 2 heteroatoms. The van der Waals surface area contributed by atoms with Crippen LogP contribution in [0.2, 0.25) is 0 Å². The standard InChI is InChI=1S/C14H22OS/c15-14(10-4-2-1-3-5-10)11-8-12-6-7-13(9-11)16-12/h10-13H,1-9H2. The minimum absolute atomic E-state index is 0.446. The number of ketones is 1. The Bertz CT molecular complexity index is 258. The third-order valence-corrected chi connectivity index (χ3v) is 6.33. The van der Waals surface area contributed by atoms with Crippen LogP contribution in [0.15, 0.2) is 0 Å². The molecule has 0 amide bonds. The molecule has 0 aromatic heterocycles. The van der Waals surface area contributed by atoms with Gasteiger partial charge in [-0.1, -0.05) is 19.3 Å². The predicted octanol–water partition coefficient (Wildman–Crippen LogP) is 3.81. The summed E-state index contributed by atoms with van der Waals surface area (Å²) in [7, 11) is 0. The fraction of sp³-hybridized carbons (Fsp3) is 0.929. The molecule has 0 aromatic carbocycles. The van der Waals surface area contributed by atoms with Gasteiger partial charge >= 0.3 is 0 Å². The van der Waals surface area contributed by atoms with Crippen LogP contribution in [-0.2, 0) is 4.79 Å². The molecule has 1 aliphatic carbocycles. The van der Waals surface area contributed by atoms with E-state index in [0.29, 0.717) is 17.6 Å².